The van der Waals surface area contributed by atoms with Crippen molar-refractivity contribution in [3.05, 3.63) is 54.2 Å². The van der Waals surface area contributed by atoms with Crippen molar-refractivity contribution in [1.29, 1.82) is 0 Å². The summed E-state index contributed by atoms with van der Waals surface area (Å²) in [5, 5.41) is 5.95. The average molecular weight is 331 g/mol. The number of amides is 1. The van der Waals surface area contributed by atoms with Gasteiger partial charge in [0.05, 0.1) is 16.4 Å². The van der Waals surface area contributed by atoms with E-state index in [1.165, 1.54) is 0 Å². The van der Waals surface area contributed by atoms with Crippen LogP contribution in [0.4, 0.5) is 5.82 Å². The second-order valence-corrected chi connectivity index (χ2v) is 6.89. The van der Waals surface area contributed by atoms with Crippen molar-refractivity contribution < 1.29 is 9.00 Å². The van der Waals surface area contributed by atoms with Gasteiger partial charge in [-0.15, -0.1) is 0 Å². The van der Waals surface area contributed by atoms with Gasteiger partial charge in [-0.3, -0.25) is 9.00 Å². The van der Waals surface area contributed by atoms with E-state index in [0.29, 0.717) is 23.7 Å². The molecule has 1 heterocycles. The van der Waals surface area contributed by atoms with Gasteiger partial charge in [-0.2, -0.15) is 0 Å². The first-order chi connectivity index (χ1) is 11.1. The SMILES string of the molecule is CC(C)Nc1ncccc1C(=O)NCC[S@@](=O)c1ccccc1. The van der Waals surface area contributed by atoms with E-state index in [9.17, 15) is 9.00 Å². The molecule has 1 amide bonds. The third kappa shape index (κ3) is 5.17. The van der Waals surface area contributed by atoms with Gasteiger partial charge in [0.1, 0.15) is 5.82 Å². The summed E-state index contributed by atoms with van der Waals surface area (Å²) in [5.41, 5.74) is 0.492. The van der Waals surface area contributed by atoms with Gasteiger partial charge in [-0.1, -0.05) is 18.2 Å². The van der Waals surface area contributed by atoms with Gasteiger partial charge in [-0.25, -0.2) is 4.98 Å². The number of pyridine rings is 1. The standard InChI is InChI=1S/C17H21N3O2S/c1-13(2)20-16-15(9-6-10-18-16)17(21)19-11-12-23(22)14-7-4-3-5-8-14/h3-10,13H,11-12H2,1-2H3,(H,18,20)(H,19,21)/t23-/m1/s1. The van der Waals surface area contributed by atoms with E-state index in [-0.39, 0.29) is 11.9 Å². The molecule has 2 N–H and O–H groups in total. The lowest BCUT2D eigenvalue weighted by Gasteiger charge is -2.13. The quantitative estimate of drug-likeness (QED) is 0.817. The Morgan fingerprint density at radius 3 is 2.61 bits per heavy atom. The highest BCUT2D eigenvalue weighted by molar-refractivity contribution is 7.85. The molecule has 0 saturated heterocycles. The van der Waals surface area contributed by atoms with Gasteiger partial charge in [0.15, 0.2) is 0 Å². The summed E-state index contributed by atoms with van der Waals surface area (Å²) in [6, 6.07) is 12.9. The van der Waals surface area contributed by atoms with Gasteiger partial charge < -0.3 is 10.6 Å². The van der Waals surface area contributed by atoms with Gasteiger partial charge >= 0.3 is 0 Å². The lowest BCUT2D eigenvalue weighted by molar-refractivity contribution is 0.0956. The molecule has 2 rings (SSSR count). The Balaban J connectivity index is 1.92. The zero-order valence-corrected chi connectivity index (χ0v) is 14.1. The van der Waals surface area contributed by atoms with Gasteiger partial charge in [-0.05, 0) is 38.1 Å². The molecule has 0 aliphatic heterocycles. The Morgan fingerprint density at radius 1 is 1.17 bits per heavy atom. The normalized spacial score (nSPS) is 12.0. The molecule has 1 aromatic carbocycles. The number of carbonyl (C=O) groups excluding carboxylic acids is 1. The van der Waals surface area contributed by atoms with E-state index in [0.717, 1.165) is 4.90 Å². The molecule has 23 heavy (non-hydrogen) atoms. The van der Waals surface area contributed by atoms with Crippen molar-refractivity contribution in [3.63, 3.8) is 0 Å². The fourth-order valence-corrected chi connectivity index (χ4v) is 3.00. The second-order valence-electron chi connectivity index (χ2n) is 5.32. The van der Waals surface area contributed by atoms with Crippen LogP contribution in [0.2, 0.25) is 0 Å². The summed E-state index contributed by atoms with van der Waals surface area (Å²) < 4.78 is 12.1. The van der Waals surface area contributed by atoms with Crippen molar-refractivity contribution >= 4 is 22.5 Å². The summed E-state index contributed by atoms with van der Waals surface area (Å²) in [5.74, 6) is 0.721. The van der Waals surface area contributed by atoms with Crippen molar-refractivity contribution in [2.75, 3.05) is 17.6 Å². The summed E-state index contributed by atoms with van der Waals surface area (Å²) in [7, 11) is -1.12. The first kappa shape index (κ1) is 17.1. The van der Waals surface area contributed by atoms with Crippen LogP contribution in [0.15, 0.2) is 53.6 Å². The smallest absolute Gasteiger partial charge is 0.255 e. The zero-order valence-electron chi connectivity index (χ0n) is 13.3. The minimum absolute atomic E-state index is 0.182. The zero-order chi connectivity index (χ0) is 16.7. The highest BCUT2D eigenvalue weighted by Gasteiger charge is 2.13. The van der Waals surface area contributed by atoms with Gasteiger partial charge in [0.2, 0.25) is 0 Å². The first-order valence-corrected chi connectivity index (χ1v) is 8.83. The molecule has 0 bridgehead atoms. The number of nitrogens with one attached hydrogen (secondary N) is 2. The lowest BCUT2D eigenvalue weighted by Crippen LogP contribution is -2.29. The average Bonchev–Trinajstić information content (AvgIpc) is 2.55. The number of benzene rings is 1. The fraction of sp³-hybridized carbons (Fsp3) is 0.294. The third-order valence-electron chi connectivity index (χ3n) is 3.06. The molecule has 2 aromatic rings. The molecule has 0 radical (unpaired) electrons. The van der Waals surface area contributed by atoms with Crippen LogP contribution < -0.4 is 10.6 Å². The molecular weight excluding hydrogens is 310 g/mol. The van der Waals surface area contributed by atoms with Crippen LogP contribution in [0.1, 0.15) is 24.2 Å². The highest BCUT2D eigenvalue weighted by atomic mass is 32.2. The third-order valence-corrected chi connectivity index (χ3v) is 4.43. The van der Waals surface area contributed by atoms with Crippen molar-refractivity contribution in [3.8, 4) is 0 Å². The molecule has 1 atom stereocenters. The molecule has 122 valence electrons. The summed E-state index contributed by atoms with van der Waals surface area (Å²) in [6.45, 7) is 4.31. The predicted octanol–water partition coefficient (Wildman–Crippen LogP) is 2.44. The fourth-order valence-electron chi connectivity index (χ4n) is 2.02. The number of aromatic nitrogens is 1. The highest BCUT2D eigenvalue weighted by Crippen LogP contribution is 2.12. The molecule has 0 fully saturated rings. The monoisotopic (exact) mass is 331 g/mol. The number of carbonyl (C=O) groups is 1. The Morgan fingerprint density at radius 2 is 1.91 bits per heavy atom. The van der Waals surface area contributed by atoms with E-state index in [1.807, 2.05) is 44.2 Å². The number of nitrogens with zero attached hydrogens (tertiary/aromatic N) is 1. The van der Waals surface area contributed by atoms with E-state index >= 15 is 0 Å². The van der Waals surface area contributed by atoms with Crippen LogP contribution in [0, 0.1) is 0 Å². The number of rotatable bonds is 7. The van der Waals surface area contributed by atoms with Gasteiger partial charge in [0.25, 0.3) is 5.91 Å². The predicted molar refractivity (Wildman–Crippen MR) is 93.0 cm³/mol. The Hall–Kier alpha value is -2.21. The minimum atomic E-state index is -1.12. The summed E-state index contributed by atoms with van der Waals surface area (Å²) in [4.78, 5) is 17.2. The van der Waals surface area contributed by atoms with Crippen LogP contribution in [-0.2, 0) is 10.8 Å². The molecule has 6 heteroatoms. The molecule has 0 spiro atoms. The van der Waals surface area contributed by atoms with E-state index in [4.69, 9.17) is 0 Å². The van der Waals surface area contributed by atoms with Gasteiger partial charge in [0, 0.05) is 29.4 Å². The van der Waals surface area contributed by atoms with Crippen LogP contribution in [0.5, 0.6) is 0 Å². The number of anilines is 1. The number of hydrogen-bond acceptors (Lipinski definition) is 4. The Bertz CT molecular complexity index is 675. The van der Waals surface area contributed by atoms with Crippen LogP contribution in [0.25, 0.3) is 0 Å². The molecule has 5 nitrogen and oxygen atoms in total. The molecule has 0 unspecified atom stereocenters. The van der Waals surface area contributed by atoms with Crippen molar-refractivity contribution in [1.82, 2.24) is 10.3 Å². The topological polar surface area (TPSA) is 71.1 Å². The minimum Gasteiger partial charge on any atom is -0.367 e. The van der Waals surface area contributed by atoms with E-state index in [1.54, 1.807) is 18.3 Å². The van der Waals surface area contributed by atoms with Crippen molar-refractivity contribution in [2.45, 2.75) is 24.8 Å². The van der Waals surface area contributed by atoms with Crippen LogP contribution in [0.3, 0.4) is 0 Å². The Kier molecular flexibility index (Phi) is 6.29. The van der Waals surface area contributed by atoms with Crippen LogP contribution >= 0.6 is 0 Å². The molecule has 0 saturated carbocycles. The first-order valence-electron chi connectivity index (χ1n) is 7.51. The van der Waals surface area contributed by atoms with Crippen LogP contribution in [-0.4, -0.2) is 33.4 Å². The Labute approximate surface area is 139 Å². The second kappa shape index (κ2) is 8.43. The van der Waals surface area contributed by atoms with Crippen molar-refractivity contribution in [2.24, 2.45) is 0 Å². The molecule has 1 aromatic heterocycles. The maximum atomic E-state index is 12.3. The molecule has 0 aliphatic carbocycles. The lowest BCUT2D eigenvalue weighted by atomic mass is 10.2. The molecular formula is C17H21N3O2S. The maximum absolute atomic E-state index is 12.3. The largest absolute Gasteiger partial charge is 0.367 e. The van der Waals surface area contributed by atoms with E-state index < -0.39 is 10.8 Å². The van der Waals surface area contributed by atoms with E-state index in [2.05, 4.69) is 15.6 Å². The number of hydrogen-bond donors (Lipinski definition) is 2. The molecule has 0 aliphatic rings. The summed E-state index contributed by atoms with van der Waals surface area (Å²) >= 11 is 0. The maximum Gasteiger partial charge on any atom is 0.255 e. The summed E-state index contributed by atoms with van der Waals surface area (Å²) in [6.07, 6.45) is 1.64.